The van der Waals surface area contributed by atoms with E-state index in [0.717, 1.165) is 5.56 Å². The van der Waals surface area contributed by atoms with E-state index in [0.29, 0.717) is 21.8 Å². The molecule has 2 heterocycles. The first kappa shape index (κ1) is 10.9. The maximum Gasteiger partial charge on any atom is 0.265 e. The fraction of sp³-hybridized carbons (Fsp3) is 0.200. The summed E-state index contributed by atoms with van der Waals surface area (Å²) in [6.07, 6.45) is 3.36. The van der Waals surface area contributed by atoms with Crippen LogP contribution in [-0.2, 0) is 0 Å². The molecule has 0 atom stereocenters. The quantitative estimate of drug-likeness (QED) is 0.862. The molecule has 0 amide bonds. The van der Waals surface area contributed by atoms with Crippen LogP contribution in [0.3, 0.4) is 0 Å². The molecule has 0 bridgehead atoms. The molecule has 5 nitrogen and oxygen atoms in total. The van der Waals surface area contributed by atoms with E-state index < -0.39 is 0 Å². The highest BCUT2D eigenvalue weighted by atomic mass is 79.9. The van der Waals surface area contributed by atoms with Gasteiger partial charge >= 0.3 is 0 Å². The number of H-pyrrole nitrogens is 1. The van der Waals surface area contributed by atoms with Gasteiger partial charge in [0.25, 0.3) is 5.56 Å². The van der Waals surface area contributed by atoms with Gasteiger partial charge in [0, 0.05) is 12.4 Å². The van der Waals surface area contributed by atoms with E-state index in [1.54, 1.807) is 19.3 Å². The first-order valence-electron chi connectivity index (χ1n) is 4.63. The molecule has 2 aromatic rings. The van der Waals surface area contributed by atoms with Gasteiger partial charge in [-0.15, -0.1) is 0 Å². The molecule has 2 rings (SSSR count). The number of aryl methyl sites for hydroxylation is 2. The molecule has 0 radical (unpaired) electrons. The summed E-state index contributed by atoms with van der Waals surface area (Å²) >= 11 is 3.15. The van der Waals surface area contributed by atoms with Crippen LogP contribution in [-0.4, -0.2) is 19.9 Å². The number of nitrogens with zero attached hydrogens (tertiary/aromatic N) is 3. The summed E-state index contributed by atoms with van der Waals surface area (Å²) < 4.78 is 0.434. The van der Waals surface area contributed by atoms with E-state index in [4.69, 9.17) is 0 Å². The molecule has 0 saturated carbocycles. The van der Waals surface area contributed by atoms with Crippen LogP contribution in [0.25, 0.3) is 11.6 Å². The number of hydrogen-bond donors (Lipinski definition) is 1. The van der Waals surface area contributed by atoms with Crippen LogP contribution in [0.5, 0.6) is 0 Å². The van der Waals surface area contributed by atoms with Crippen LogP contribution in [0.4, 0.5) is 0 Å². The van der Waals surface area contributed by atoms with E-state index in [2.05, 4.69) is 35.9 Å². The molecule has 0 aromatic carbocycles. The second-order valence-corrected chi connectivity index (χ2v) is 4.19. The summed E-state index contributed by atoms with van der Waals surface area (Å²) in [5, 5.41) is 0. The monoisotopic (exact) mass is 280 g/mol. The summed E-state index contributed by atoms with van der Waals surface area (Å²) in [7, 11) is 0. The van der Waals surface area contributed by atoms with Crippen molar-refractivity contribution in [2.24, 2.45) is 0 Å². The first-order valence-corrected chi connectivity index (χ1v) is 5.42. The van der Waals surface area contributed by atoms with Gasteiger partial charge in [0.15, 0.2) is 11.6 Å². The molecule has 2 aromatic heterocycles. The van der Waals surface area contributed by atoms with Crippen molar-refractivity contribution < 1.29 is 0 Å². The Balaban J connectivity index is 2.57. The van der Waals surface area contributed by atoms with E-state index in [-0.39, 0.29) is 5.56 Å². The van der Waals surface area contributed by atoms with Crippen LogP contribution < -0.4 is 5.56 Å². The highest BCUT2D eigenvalue weighted by Gasteiger charge is 2.08. The molecule has 0 aliphatic heterocycles. The predicted molar refractivity (Wildman–Crippen MR) is 63.1 cm³/mol. The second kappa shape index (κ2) is 4.13. The number of aromatic amines is 1. The zero-order chi connectivity index (χ0) is 11.7. The molecular formula is C10H9BrN4O. The summed E-state index contributed by atoms with van der Waals surface area (Å²) in [5.74, 6) is 0.795. The molecule has 82 valence electrons. The Bertz CT molecular complexity index is 576. The third kappa shape index (κ3) is 2.01. The first-order chi connectivity index (χ1) is 7.58. The lowest BCUT2D eigenvalue weighted by Crippen LogP contribution is -2.12. The van der Waals surface area contributed by atoms with E-state index >= 15 is 0 Å². The van der Waals surface area contributed by atoms with Crippen molar-refractivity contribution in [3.63, 3.8) is 0 Å². The van der Waals surface area contributed by atoms with Crippen molar-refractivity contribution in [1.29, 1.82) is 0 Å². The Morgan fingerprint density at radius 3 is 2.44 bits per heavy atom. The SMILES string of the molecule is Cc1cnc(-c2nc(C)c(Br)c(=O)[nH]2)nc1. The Kier molecular flexibility index (Phi) is 2.82. The molecule has 16 heavy (non-hydrogen) atoms. The molecule has 0 fully saturated rings. The van der Waals surface area contributed by atoms with Crippen LogP contribution in [0.2, 0.25) is 0 Å². The molecule has 0 aliphatic carbocycles. The highest BCUT2D eigenvalue weighted by molar-refractivity contribution is 9.10. The summed E-state index contributed by atoms with van der Waals surface area (Å²) in [4.78, 5) is 26.5. The third-order valence-electron chi connectivity index (χ3n) is 2.02. The Hall–Kier alpha value is -1.56. The smallest absolute Gasteiger partial charge is 0.265 e. The molecule has 0 aliphatic rings. The molecule has 0 unspecified atom stereocenters. The molecule has 6 heteroatoms. The van der Waals surface area contributed by atoms with Crippen LogP contribution in [0.1, 0.15) is 11.3 Å². The van der Waals surface area contributed by atoms with Crippen molar-refractivity contribution >= 4 is 15.9 Å². The lowest BCUT2D eigenvalue weighted by molar-refractivity contribution is 1.01. The van der Waals surface area contributed by atoms with Crippen molar-refractivity contribution in [3.05, 3.63) is 38.5 Å². The van der Waals surface area contributed by atoms with Crippen molar-refractivity contribution in [3.8, 4) is 11.6 Å². The molecular weight excluding hydrogens is 272 g/mol. The summed E-state index contributed by atoms with van der Waals surface area (Å²) in [5.41, 5.74) is 1.34. The molecule has 1 N–H and O–H groups in total. The van der Waals surface area contributed by atoms with Gasteiger partial charge in [0.2, 0.25) is 0 Å². The average Bonchev–Trinajstić information content (AvgIpc) is 2.26. The Labute approximate surface area is 100 Å². The van der Waals surface area contributed by atoms with Crippen molar-refractivity contribution in [2.45, 2.75) is 13.8 Å². The lowest BCUT2D eigenvalue weighted by atomic mass is 10.4. The minimum absolute atomic E-state index is 0.230. The van der Waals surface area contributed by atoms with Gasteiger partial charge in [-0.25, -0.2) is 15.0 Å². The zero-order valence-corrected chi connectivity index (χ0v) is 10.4. The summed E-state index contributed by atoms with van der Waals surface area (Å²) in [6, 6.07) is 0. The maximum absolute atomic E-state index is 11.5. The topological polar surface area (TPSA) is 71.5 Å². The number of aromatic nitrogens is 4. The van der Waals surface area contributed by atoms with Gasteiger partial charge in [-0.3, -0.25) is 4.79 Å². The maximum atomic E-state index is 11.5. The fourth-order valence-corrected chi connectivity index (χ4v) is 1.38. The lowest BCUT2D eigenvalue weighted by Gasteiger charge is -2.01. The number of nitrogens with one attached hydrogen (secondary N) is 1. The van der Waals surface area contributed by atoms with Crippen LogP contribution in [0.15, 0.2) is 21.7 Å². The zero-order valence-electron chi connectivity index (χ0n) is 8.78. The molecule has 0 spiro atoms. The highest BCUT2D eigenvalue weighted by Crippen LogP contribution is 2.12. The average molecular weight is 281 g/mol. The predicted octanol–water partition coefficient (Wildman–Crippen LogP) is 1.61. The van der Waals surface area contributed by atoms with Gasteiger partial charge in [-0.1, -0.05) is 0 Å². The molecule has 0 saturated heterocycles. The number of rotatable bonds is 1. The van der Waals surface area contributed by atoms with Crippen molar-refractivity contribution in [1.82, 2.24) is 19.9 Å². The van der Waals surface area contributed by atoms with Crippen molar-refractivity contribution in [2.75, 3.05) is 0 Å². The number of hydrogen-bond acceptors (Lipinski definition) is 4. The van der Waals surface area contributed by atoms with E-state index in [9.17, 15) is 4.79 Å². The second-order valence-electron chi connectivity index (χ2n) is 3.40. The van der Waals surface area contributed by atoms with E-state index in [1.165, 1.54) is 0 Å². The minimum Gasteiger partial charge on any atom is -0.303 e. The van der Waals surface area contributed by atoms with Crippen LogP contribution in [0, 0.1) is 13.8 Å². The van der Waals surface area contributed by atoms with Crippen LogP contribution >= 0.6 is 15.9 Å². The van der Waals surface area contributed by atoms with E-state index in [1.807, 2.05) is 6.92 Å². The van der Waals surface area contributed by atoms with Gasteiger partial charge < -0.3 is 4.98 Å². The Morgan fingerprint density at radius 2 is 1.88 bits per heavy atom. The van der Waals surface area contributed by atoms with Gasteiger partial charge in [0.05, 0.1) is 5.69 Å². The van der Waals surface area contributed by atoms with Gasteiger partial charge in [0.1, 0.15) is 4.47 Å². The fourth-order valence-electron chi connectivity index (χ4n) is 1.19. The largest absolute Gasteiger partial charge is 0.303 e. The Morgan fingerprint density at radius 1 is 1.25 bits per heavy atom. The minimum atomic E-state index is -0.230. The van der Waals surface area contributed by atoms with Gasteiger partial charge in [-0.05, 0) is 35.3 Å². The standard InChI is InChI=1S/C10H9BrN4O/c1-5-3-12-8(13-4-5)9-14-6(2)7(11)10(16)15-9/h3-4H,1-2H3,(H,14,15,16). The third-order valence-corrected chi connectivity index (χ3v) is 2.96. The summed E-state index contributed by atoms with van der Waals surface area (Å²) in [6.45, 7) is 3.64. The van der Waals surface area contributed by atoms with Gasteiger partial charge in [-0.2, -0.15) is 0 Å². The number of halogens is 1. The normalized spacial score (nSPS) is 10.4.